The molecule has 2 rings (SSSR count). The van der Waals surface area contributed by atoms with Crippen molar-refractivity contribution in [2.45, 2.75) is 32.7 Å². The third-order valence-electron chi connectivity index (χ3n) is 4.50. The van der Waals surface area contributed by atoms with Crippen molar-refractivity contribution >= 4 is 17.4 Å². The van der Waals surface area contributed by atoms with Crippen LogP contribution in [0.15, 0.2) is 41.4 Å². The largest absolute Gasteiger partial charge is 0.354 e. The lowest BCUT2D eigenvalue weighted by Crippen LogP contribution is -2.47. The molecule has 0 saturated carbocycles. The topological polar surface area (TPSA) is 47.9 Å². The first-order valence-corrected chi connectivity index (χ1v) is 9.01. The van der Waals surface area contributed by atoms with E-state index in [4.69, 9.17) is 0 Å². The van der Waals surface area contributed by atoms with Crippen molar-refractivity contribution in [1.82, 2.24) is 15.1 Å². The number of carbonyl (C=O) groups excluding carboxylic acids is 1. The first kappa shape index (κ1) is 19.0. The van der Waals surface area contributed by atoms with Gasteiger partial charge < -0.3 is 15.1 Å². The van der Waals surface area contributed by atoms with Crippen LogP contribution in [0.1, 0.15) is 32.3 Å². The molecule has 136 valence electrons. The molecule has 5 nitrogen and oxygen atoms in total. The molecule has 1 aliphatic rings. The summed E-state index contributed by atoms with van der Waals surface area (Å²) in [5, 5.41) is 3.46. The van der Waals surface area contributed by atoms with Crippen LogP contribution in [0.2, 0.25) is 0 Å². The van der Waals surface area contributed by atoms with E-state index in [2.05, 4.69) is 59.4 Å². The first-order valence-electron chi connectivity index (χ1n) is 9.01. The summed E-state index contributed by atoms with van der Waals surface area (Å²) >= 11 is 0. The number of benzene rings is 1. The predicted molar refractivity (Wildman–Crippen MR) is 104 cm³/mol. The summed E-state index contributed by atoms with van der Waals surface area (Å²) in [5.74, 6) is 0.842. The minimum Gasteiger partial charge on any atom is -0.354 e. The van der Waals surface area contributed by atoms with E-state index in [1.54, 1.807) is 19.0 Å². The quantitative estimate of drug-likeness (QED) is 0.661. The van der Waals surface area contributed by atoms with E-state index in [1.165, 1.54) is 11.1 Å². The molecule has 1 atom stereocenters. The zero-order chi connectivity index (χ0) is 18.2. The van der Waals surface area contributed by atoms with Crippen molar-refractivity contribution < 1.29 is 4.79 Å². The van der Waals surface area contributed by atoms with Gasteiger partial charge in [-0.25, -0.2) is 4.99 Å². The van der Waals surface area contributed by atoms with E-state index >= 15 is 0 Å². The van der Waals surface area contributed by atoms with Crippen LogP contribution in [0.4, 0.5) is 0 Å². The van der Waals surface area contributed by atoms with Crippen LogP contribution in [0.3, 0.4) is 0 Å². The summed E-state index contributed by atoms with van der Waals surface area (Å²) in [6.45, 7) is 6.17. The molecule has 1 aromatic rings. The molecule has 5 heteroatoms. The van der Waals surface area contributed by atoms with Crippen molar-refractivity contribution in [3.63, 3.8) is 0 Å². The predicted octanol–water partition coefficient (Wildman–Crippen LogP) is 2.61. The molecule has 1 amide bonds. The van der Waals surface area contributed by atoms with Gasteiger partial charge in [0.1, 0.15) is 6.54 Å². The molecule has 0 spiro atoms. The lowest BCUT2D eigenvalue weighted by atomic mass is 10.00. The Hall–Kier alpha value is -2.30. The minimum absolute atomic E-state index is 0.0148. The van der Waals surface area contributed by atoms with Crippen LogP contribution in [0.5, 0.6) is 0 Å². The average Bonchev–Trinajstić information content (AvgIpc) is 2.65. The number of likely N-dealkylation sites (N-methyl/N-ethyl adjacent to an activating group) is 1. The Morgan fingerprint density at radius 1 is 1.32 bits per heavy atom. The van der Waals surface area contributed by atoms with Gasteiger partial charge in [0, 0.05) is 33.2 Å². The Kier molecular flexibility index (Phi) is 7.04. The van der Waals surface area contributed by atoms with E-state index in [1.807, 2.05) is 6.07 Å². The maximum atomic E-state index is 11.9. The molecule has 0 aromatic heterocycles. The van der Waals surface area contributed by atoms with E-state index in [-0.39, 0.29) is 12.5 Å². The summed E-state index contributed by atoms with van der Waals surface area (Å²) in [7, 11) is 3.52. The molecule has 1 N–H and O–H groups in total. The highest BCUT2D eigenvalue weighted by Gasteiger charge is 2.18. The third kappa shape index (κ3) is 5.62. The maximum absolute atomic E-state index is 11.9. The lowest BCUT2D eigenvalue weighted by molar-refractivity contribution is -0.127. The third-order valence-corrected chi connectivity index (χ3v) is 4.50. The first-order chi connectivity index (χ1) is 12.0. The van der Waals surface area contributed by atoms with Gasteiger partial charge in [-0.1, -0.05) is 43.3 Å². The summed E-state index contributed by atoms with van der Waals surface area (Å²) in [6, 6.07) is 10.8. The molecule has 0 aliphatic carbocycles. The van der Waals surface area contributed by atoms with Crippen molar-refractivity contribution in [2.24, 2.45) is 4.99 Å². The SMILES string of the molecule is CCC(C)NC(=NCC(=O)N(C)C)N1CC=C(c2ccccc2)CC1. The normalized spacial score (nSPS) is 16.2. The molecule has 1 aromatic carbocycles. The molecule has 1 aliphatic heterocycles. The van der Waals surface area contributed by atoms with Crippen molar-refractivity contribution in [3.05, 3.63) is 42.0 Å². The molecular weight excluding hydrogens is 312 g/mol. The molecule has 0 bridgehead atoms. The standard InChI is InChI=1S/C20H30N4O/c1-5-16(2)22-20(21-15-19(25)23(3)4)24-13-11-18(12-14-24)17-9-7-6-8-10-17/h6-11,16H,5,12-15H2,1-4H3,(H,21,22). The summed E-state index contributed by atoms with van der Waals surface area (Å²) in [5.41, 5.74) is 2.67. The Bertz CT molecular complexity index is 622. The smallest absolute Gasteiger partial charge is 0.243 e. The van der Waals surface area contributed by atoms with E-state index < -0.39 is 0 Å². The Balaban J connectivity index is 2.09. The van der Waals surface area contributed by atoms with Crippen LogP contribution in [-0.2, 0) is 4.79 Å². The lowest BCUT2D eigenvalue weighted by Gasteiger charge is -2.31. The zero-order valence-corrected chi connectivity index (χ0v) is 15.8. The van der Waals surface area contributed by atoms with Crippen LogP contribution in [-0.4, -0.2) is 61.4 Å². The van der Waals surface area contributed by atoms with Crippen molar-refractivity contribution in [2.75, 3.05) is 33.7 Å². The molecule has 1 unspecified atom stereocenters. The fourth-order valence-electron chi connectivity index (χ4n) is 2.62. The van der Waals surface area contributed by atoms with E-state index in [9.17, 15) is 4.79 Å². The van der Waals surface area contributed by atoms with Gasteiger partial charge in [-0.05, 0) is 30.9 Å². The van der Waals surface area contributed by atoms with Gasteiger partial charge in [-0.3, -0.25) is 4.79 Å². The Morgan fingerprint density at radius 3 is 2.60 bits per heavy atom. The number of nitrogens with zero attached hydrogens (tertiary/aromatic N) is 3. The molecular formula is C20H30N4O. The van der Waals surface area contributed by atoms with Crippen LogP contribution in [0, 0.1) is 0 Å². The number of carbonyl (C=O) groups is 1. The van der Waals surface area contributed by atoms with Gasteiger partial charge in [-0.15, -0.1) is 0 Å². The number of hydrogen-bond donors (Lipinski definition) is 1. The monoisotopic (exact) mass is 342 g/mol. The number of rotatable bonds is 5. The highest BCUT2D eigenvalue weighted by Crippen LogP contribution is 2.22. The summed E-state index contributed by atoms with van der Waals surface area (Å²) < 4.78 is 0. The van der Waals surface area contributed by atoms with Crippen LogP contribution in [0.25, 0.3) is 5.57 Å². The van der Waals surface area contributed by atoms with Crippen molar-refractivity contribution in [3.8, 4) is 0 Å². The maximum Gasteiger partial charge on any atom is 0.243 e. The Labute approximate surface area is 151 Å². The number of nitrogens with one attached hydrogen (secondary N) is 1. The van der Waals surface area contributed by atoms with Crippen LogP contribution < -0.4 is 5.32 Å². The fourth-order valence-corrected chi connectivity index (χ4v) is 2.62. The Morgan fingerprint density at radius 2 is 2.04 bits per heavy atom. The zero-order valence-electron chi connectivity index (χ0n) is 15.8. The number of hydrogen-bond acceptors (Lipinski definition) is 2. The fraction of sp³-hybridized carbons (Fsp3) is 0.500. The van der Waals surface area contributed by atoms with Gasteiger partial charge in [0.2, 0.25) is 5.91 Å². The number of guanidine groups is 1. The van der Waals surface area contributed by atoms with Gasteiger partial charge in [-0.2, -0.15) is 0 Å². The average molecular weight is 342 g/mol. The van der Waals surface area contributed by atoms with E-state index in [0.717, 1.165) is 31.9 Å². The van der Waals surface area contributed by atoms with Gasteiger partial charge in [0.05, 0.1) is 0 Å². The summed E-state index contributed by atoms with van der Waals surface area (Å²) in [6.07, 6.45) is 4.26. The highest BCUT2D eigenvalue weighted by molar-refractivity contribution is 5.85. The molecule has 0 fully saturated rings. The highest BCUT2D eigenvalue weighted by atomic mass is 16.2. The minimum atomic E-state index is 0.0148. The molecule has 1 heterocycles. The second-order valence-electron chi connectivity index (χ2n) is 6.67. The van der Waals surface area contributed by atoms with Crippen LogP contribution >= 0.6 is 0 Å². The number of amides is 1. The molecule has 25 heavy (non-hydrogen) atoms. The van der Waals surface area contributed by atoms with E-state index in [0.29, 0.717) is 6.04 Å². The van der Waals surface area contributed by atoms with Gasteiger partial charge in [0.15, 0.2) is 5.96 Å². The summed E-state index contributed by atoms with van der Waals surface area (Å²) in [4.78, 5) is 20.2. The molecule has 0 saturated heterocycles. The van der Waals surface area contributed by atoms with Gasteiger partial charge >= 0.3 is 0 Å². The molecule has 0 radical (unpaired) electrons. The second kappa shape index (κ2) is 9.25. The van der Waals surface area contributed by atoms with Crippen molar-refractivity contribution in [1.29, 1.82) is 0 Å². The van der Waals surface area contributed by atoms with Gasteiger partial charge in [0.25, 0.3) is 0 Å². The second-order valence-corrected chi connectivity index (χ2v) is 6.67. The number of aliphatic imine (C=N–C) groups is 1.